The zero-order valence-corrected chi connectivity index (χ0v) is 17.0. The van der Waals surface area contributed by atoms with E-state index in [1.54, 1.807) is 6.07 Å². The lowest BCUT2D eigenvalue weighted by molar-refractivity contribution is 0.0464. The number of esters is 1. The van der Waals surface area contributed by atoms with Crippen molar-refractivity contribution in [3.05, 3.63) is 51.9 Å². The van der Waals surface area contributed by atoms with E-state index in [1.165, 1.54) is 21.3 Å². The first-order valence-electron chi connectivity index (χ1n) is 8.10. The van der Waals surface area contributed by atoms with Crippen LogP contribution in [0, 0.1) is 6.92 Å². The minimum Gasteiger partial charge on any atom is -0.493 e. The molecule has 2 heterocycles. The van der Waals surface area contributed by atoms with E-state index in [0.717, 1.165) is 17.0 Å². The standard InChI is InChI=1S/C19H19BrN2O5/c1-11-13(22-8-6-5-7-15(22)21-11)10-27-19(23)12-9-14(24-2)17(25-3)18(26-4)16(12)20/h5-9H,10H2,1-4H3. The zero-order valence-electron chi connectivity index (χ0n) is 15.4. The lowest BCUT2D eigenvalue weighted by Gasteiger charge is -2.16. The normalized spacial score (nSPS) is 10.7. The summed E-state index contributed by atoms with van der Waals surface area (Å²) in [5.41, 5.74) is 2.69. The third-order valence-electron chi connectivity index (χ3n) is 4.16. The van der Waals surface area contributed by atoms with Crippen LogP contribution in [-0.2, 0) is 11.3 Å². The Bertz CT molecular complexity index is 999. The molecule has 0 saturated carbocycles. The molecular formula is C19H19BrN2O5. The number of aromatic nitrogens is 2. The van der Waals surface area contributed by atoms with Crippen LogP contribution in [0.2, 0.25) is 0 Å². The van der Waals surface area contributed by atoms with Gasteiger partial charge in [-0.2, -0.15) is 0 Å². The average Bonchev–Trinajstić information content (AvgIpc) is 3.00. The van der Waals surface area contributed by atoms with Gasteiger partial charge >= 0.3 is 5.97 Å². The summed E-state index contributed by atoms with van der Waals surface area (Å²) >= 11 is 3.39. The molecule has 0 radical (unpaired) electrons. The Morgan fingerprint density at radius 1 is 1.15 bits per heavy atom. The fraction of sp³-hybridized carbons (Fsp3) is 0.263. The lowest BCUT2D eigenvalue weighted by Crippen LogP contribution is -2.10. The number of methoxy groups -OCH3 is 3. The largest absolute Gasteiger partial charge is 0.493 e. The van der Waals surface area contributed by atoms with E-state index in [2.05, 4.69) is 20.9 Å². The molecule has 0 aliphatic carbocycles. The van der Waals surface area contributed by atoms with Gasteiger partial charge in [-0.3, -0.25) is 0 Å². The highest BCUT2D eigenvalue weighted by atomic mass is 79.9. The van der Waals surface area contributed by atoms with Gasteiger partial charge in [0.2, 0.25) is 5.75 Å². The third kappa shape index (κ3) is 3.44. The van der Waals surface area contributed by atoms with Crippen molar-refractivity contribution in [3.63, 3.8) is 0 Å². The number of fused-ring (bicyclic) bond motifs is 1. The molecule has 7 nitrogen and oxygen atoms in total. The molecule has 2 aromatic heterocycles. The molecule has 0 unspecified atom stereocenters. The molecule has 0 saturated heterocycles. The summed E-state index contributed by atoms with van der Waals surface area (Å²) in [6, 6.07) is 7.25. The summed E-state index contributed by atoms with van der Waals surface area (Å²) in [4.78, 5) is 17.2. The van der Waals surface area contributed by atoms with E-state index in [0.29, 0.717) is 21.7 Å². The van der Waals surface area contributed by atoms with Crippen molar-refractivity contribution >= 4 is 27.5 Å². The zero-order chi connectivity index (χ0) is 19.6. The first-order valence-corrected chi connectivity index (χ1v) is 8.89. The van der Waals surface area contributed by atoms with Crippen molar-refractivity contribution < 1.29 is 23.7 Å². The molecule has 3 rings (SSSR count). The maximum absolute atomic E-state index is 12.7. The Labute approximate surface area is 164 Å². The van der Waals surface area contributed by atoms with Crippen molar-refractivity contribution in [2.75, 3.05) is 21.3 Å². The second kappa shape index (κ2) is 7.87. The van der Waals surface area contributed by atoms with Crippen LogP contribution < -0.4 is 14.2 Å². The number of halogens is 1. The van der Waals surface area contributed by atoms with Gasteiger partial charge in [0, 0.05) is 6.20 Å². The van der Waals surface area contributed by atoms with E-state index in [1.807, 2.05) is 35.7 Å². The van der Waals surface area contributed by atoms with Gasteiger partial charge in [-0.15, -0.1) is 0 Å². The van der Waals surface area contributed by atoms with Gasteiger partial charge in [0.05, 0.1) is 42.8 Å². The van der Waals surface area contributed by atoms with Gasteiger partial charge in [-0.05, 0) is 41.1 Å². The van der Waals surface area contributed by atoms with Gasteiger partial charge in [0.15, 0.2) is 11.5 Å². The quantitative estimate of drug-likeness (QED) is 0.549. The Kier molecular flexibility index (Phi) is 5.55. The van der Waals surface area contributed by atoms with Crippen molar-refractivity contribution in [3.8, 4) is 17.2 Å². The van der Waals surface area contributed by atoms with Crippen LogP contribution in [-0.4, -0.2) is 36.7 Å². The number of ether oxygens (including phenoxy) is 4. The maximum Gasteiger partial charge on any atom is 0.339 e. The number of aryl methyl sites for hydroxylation is 1. The number of hydrogen-bond acceptors (Lipinski definition) is 6. The highest BCUT2D eigenvalue weighted by Crippen LogP contribution is 2.44. The van der Waals surface area contributed by atoms with E-state index < -0.39 is 5.97 Å². The van der Waals surface area contributed by atoms with Gasteiger partial charge in [-0.25, -0.2) is 9.78 Å². The summed E-state index contributed by atoms with van der Waals surface area (Å²) in [5.74, 6) is 0.595. The summed E-state index contributed by atoms with van der Waals surface area (Å²) in [6.45, 7) is 1.96. The topological polar surface area (TPSA) is 71.3 Å². The lowest BCUT2D eigenvalue weighted by atomic mass is 10.2. The molecular weight excluding hydrogens is 416 g/mol. The molecule has 0 N–H and O–H groups in total. The molecule has 0 aliphatic rings. The van der Waals surface area contributed by atoms with Crippen molar-refractivity contribution in [2.24, 2.45) is 0 Å². The summed E-state index contributed by atoms with van der Waals surface area (Å²) in [6.07, 6.45) is 1.88. The van der Waals surface area contributed by atoms with Crippen molar-refractivity contribution in [1.82, 2.24) is 9.38 Å². The molecule has 0 amide bonds. The number of rotatable bonds is 6. The maximum atomic E-state index is 12.7. The predicted octanol–water partition coefficient (Wildman–Crippen LogP) is 3.79. The van der Waals surface area contributed by atoms with Crippen LogP contribution in [0.1, 0.15) is 21.7 Å². The average molecular weight is 435 g/mol. The van der Waals surface area contributed by atoms with Crippen LogP contribution in [0.3, 0.4) is 0 Å². The molecule has 27 heavy (non-hydrogen) atoms. The Balaban J connectivity index is 1.91. The summed E-state index contributed by atoms with van der Waals surface area (Å²) in [5, 5.41) is 0. The Morgan fingerprint density at radius 2 is 1.89 bits per heavy atom. The van der Waals surface area contributed by atoms with E-state index in [-0.39, 0.29) is 12.2 Å². The van der Waals surface area contributed by atoms with Crippen LogP contribution >= 0.6 is 15.9 Å². The highest BCUT2D eigenvalue weighted by Gasteiger charge is 2.24. The minimum absolute atomic E-state index is 0.0823. The number of hydrogen-bond donors (Lipinski definition) is 0. The van der Waals surface area contributed by atoms with Crippen molar-refractivity contribution in [1.29, 1.82) is 0 Å². The predicted molar refractivity (Wildman–Crippen MR) is 103 cm³/mol. The van der Waals surface area contributed by atoms with Crippen molar-refractivity contribution in [2.45, 2.75) is 13.5 Å². The third-order valence-corrected chi connectivity index (χ3v) is 4.95. The number of carbonyl (C=O) groups excluding carboxylic acids is 1. The van der Waals surface area contributed by atoms with Gasteiger partial charge in [0.25, 0.3) is 0 Å². The second-order valence-electron chi connectivity index (χ2n) is 5.66. The van der Waals surface area contributed by atoms with Crippen LogP contribution in [0.4, 0.5) is 0 Å². The molecule has 0 atom stereocenters. The summed E-state index contributed by atoms with van der Waals surface area (Å²) < 4.78 is 23.8. The Hall–Kier alpha value is -2.74. The van der Waals surface area contributed by atoms with Crippen LogP contribution in [0.25, 0.3) is 5.65 Å². The van der Waals surface area contributed by atoms with Gasteiger partial charge in [0.1, 0.15) is 12.3 Å². The molecule has 0 spiro atoms. The van der Waals surface area contributed by atoms with E-state index in [4.69, 9.17) is 18.9 Å². The first-order chi connectivity index (χ1) is 13.0. The molecule has 142 valence electrons. The first kappa shape index (κ1) is 19.0. The fourth-order valence-electron chi connectivity index (χ4n) is 2.82. The van der Waals surface area contributed by atoms with E-state index >= 15 is 0 Å². The second-order valence-corrected chi connectivity index (χ2v) is 6.45. The molecule has 0 fully saturated rings. The SMILES string of the molecule is COc1cc(C(=O)OCc2c(C)nc3ccccn23)c(Br)c(OC)c1OC. The molecule has 1 aromatic carbocycles. The number of imidazole rings is 1. The molecule has 0 aliphatic heterocycles. The van der Waals surface area contributed by atoms with Crippen LogP contribution in [0.15, 0.2) is 34.9 Å². The van der Waals surface area contributed by atoms with Gasteiger partial charge < -0.3 is 23.3 Å². The Morgan fingerprint density at radius 3 is 2.56 bits per heavy atom. The monoisotopic (exact) mass is 434 g/mol. The summed E-state index contributed by atoms with van der Waals surface area (Å²) in [7, 11) is 4.47. The highest BCUT2D eigenvalue weighted by molar-refractivity contribution is 9.10. The number of carbonyl (C=O) groups is 1. The molecule has 8 heteroatoms. The van der Waals surface area contributed by atoms with E-state index in [9.17, 15) is 4.79 Å². The fourth-order valence-corrected chi connectivity index (χ4v) is 3.44. The smallest absolute Gasteiger partial charge is 0.339 e. The van der Waals surface area contributed by atoms with Gasteiger partial charge in [-0.1, -0.05) is 6.07 Å². The minimum atomic E-state index is -0.522. The molecule has 3 aromatic rings. The number of pyridine rings is 1. The number of benzene rings is 1. The molecule has 0 bridgehead atoms. The van der Waals surface area contributed by atoms with Crippen LogP contribution in [0.5, 0.6) is 17.2 Å². The number of nitrogens with zero attached hydrogens (tertiary/aromatic N) is 2.